The number of ether oxygens (including phenoxy) is 14. The average Bonchev–Trinajstić information content (AvgIpc) is 3.45. The van der Waals surface area contributed by atoms with E-state index in [0.717, 1.165) is 44.4 Å². The third-order valence-electron chi connectivity index (χ3n) is 12.6. The Morgan fingerprint density at radius 2 is 0.833 bits per heavy atom. The van der Waals surface area contributed by atoms with Crippen molar-refractivity contribution in [3.05, 3.63) is 138 Å². The molecule has 4 aromatic carbocycles. The van der Waals surface area contributed by atoms with Gasteiger partial charge in [-0.1, -0.05) is 109 Å². The van der Waals surface area contributed by atoms with Gasteiger partial charge < -0.3 is 71.6 Å². The quantitative estimate of drug-likeness (QED) is 0.0740. The van der Waals surface area contributed by atoms with Gasteiger partial charge in [-0.2, -0.15) is 0 Å². The minimum atomic E-state index is -1.84. The maximum Gasteiger partial charge on any atom is 0.303 e. The molecular formula is C57H67NO20. The molecule has 3 heterocycles. The first-order valence-corrected chi connectivity index (χ1v) is 25.5. The van der Waals surface area contributed by atoms with Crippen molar-refractivity contribution in [2.45, 2.75) is 160 Å². The molecule has 4 aromatic rings. The summed E-state index contributed by atoms with van der Waals surface area (Å²) in [7, 11) is 0. The summed E-state index contributed by atoms with van der Waals surface area (Å²) in [5, 5.41) is 2.88. The van der Waals surface area contributed by atoms with E-state index in [0.29, 0.717) is 0 Å². The predicted octanol–water partition coefficient (Wildman–Crippen LogP) is 5.21. The Labute approximate surface area is 452 Å². The molecule has 3 aliphatic rings. The Hall–Kier alpha value is -6.82. The Morgan fingerprint density at radius 3 is 1.32 bits per heavy atom. The number of esters is 5. The lowest BCUT2D eigenvalue weighted by molar-refractivity contribution is -0.375. The van der Waals surface area contributed by atoms with Gasteiger partial charge in [0.2, 0.25) is 12.2 Å². The van der Waals surface area contributed by atoms with E-state index in [2.05, 4.69) is 5.32 Å². The molecule has 21 nitrogen and oxygen atoms in total. The molecule has 15 unspecified atom stereocenters. The van der Waals surface area contributed by atoms with Crippen LogP contribution in [0.3, 0.4) is 0 Å². The van der Waals surface area contributed by atoms with Crippen LogP contribution < -0.4 is 10.1 Å². The number of hydrogen-bond donors (Lipinski definition) is 1. The third kappa shape index (κ3) is 16.8. The first-order valence-electron chi connectivity index (χ1n) is 25.5. The summed E-state index contributed by atoms with van der Waals surface area (Å²) in [5.41, 5.74) is 2.53. The minimum Gasteiger partial charge on any atom is -0.463 e. The molecule has 21 heteroatoms. The van der Waals surface area contributed by atoms with Gasteiger partial charge in [-0.05, 0) is 35.7 Å². The van der Waals surface area contributed by atoms with Crippen molar-refractivity contribution in [2.75, 3.05) is 13.2 Å². The molecule has 0 aliphatic carbocycles. The van der Waals surface area contributed by atoms with E-state index < -0.39 is 141 Å². The first kappa shape index (κ1) is 58.9. The van der Waals surface area contributed by atoms with Crippen molar-refractivity contribution in [2.24, 2.45) is 0 Å². The van der Waals surface area contributed by atoms with E-state index in [1.54, 1.807) is 37.3 Å². The van der Waals surface area contributed by atoms with Crippen molar-refractivity contribution >= 4 is 35.8 Å². The zero-order valence-corrected chi connectivity index (χ0v) is 44.4. The second-order valence-electron chi connectivity index (χ2n) is 18.8. The van der Waals surface area contributed by atoms with Crippen molar-refractivity contribution in [3.8, 4) is 5.75 Å². The van der Waals surface area contributed by atoms with Crippen LogP contribution in [0.1, 0.15) is 65.2 Å². The molecule has 7 rings (SSSR count). The van der Waals surface area contributed by atoms with Crippen LogP contribution in [0, 0.1) is 0 Å². The summed E-state index contributed by atoms with van der Waals surface area (Å²) in [6, 6.07) is 35.5. The van der Waals surface area contributed by atoms with Gasteiger partial charge in [0.15, 0.2) is 30.9 Å². The minimum absolute atomic E-state index is 0.0317. The Kier molecular flexibility index (Phi) is 21.7. The molecule has 15 atom stereocenters. The summed E-state index contributed by atoms with van der Waals surface area (Å²) in [4.78, 5) is 77.2. The van der Waals surface area contributed by atoms with Gasteiger partial charge in [0, 0.05) is 41.5 Å². The summed E-state index contributed by atoms with van der Waals surface area (Å²) in [6.07, 6.45) is -19.2. The van der Waals surface area contributed by atoms with Crippen LogP contribution in [0.4, 0.5) is 0 Å². The molecule has 0 aromatic heterocycles. The number of carbonyl (C=O) groups excluding carboxylic acids is 6. The van der Waals surface area contributed by atoms with Gasteiger partial charge >= 0.3 is 29.8 Å². The standard InChI is InChI=1S/C57H67NO20/c1-33-47(67-28-40-20-12-8-13-21-40)51(68-29-41-22-14-9-15-23-41)53(69-30-42-24-16-10-17-25-42)56(70-33)77-48-44(31-65-35(3)60)75-55(74-43-26-18-11-19-27-43)46(58-34(2)59)50(48)78-57-54(73-39(7)64)52(72-38(6)63)49(71-37(5)62)45(76-57)32-66-36(4)61/h8-27,33,44-57H,28-32H2,1-7H3,(H,58,59). The number of rotatable bonds is 23. The van der Waals surface area contributed by atoms with Crippen LogP contribution in [0.5, 0.6) is 5.75 Å². The van der Waals surface area contributed by atoms with Crippen LogP contribution in [-0.4, -0.2) is 141 Å². The molecule has 420 valence electrons. The number of carbonyl (C=O) groups is 6. The van der Waals surface area contributed by atoms with Gasteiger partial charge in [-0.3, -0.25) is 28.8 Å². The van der Waals surface area contributed by atoms with Gasteiger partial charge in [-0.25, -0.2) is 0 Å². The normalized spacial score (nSPS) is 28.7. The zero-order valence-electron chi connectivity index (χ0n) is 44.4. The van der Waals surface area contributed by atoms with Crippen molar-refractivity contribution in [1.29, 1.82) is 0 Å². The maximum atomic E-state index is 13.5. The number of hydrogen-bond acceptors (Lipinski definition) is 20. The smallest absolute Gasteiger partial charge is 0.303 e. The lowest BCUT2D eigenvalue weighted by atomic mass is 9.94. The second kappa shape index (κ2) is 28.7. The molecule has 3 aliphatic heterocycles. The molecule has 0 spiro atoms. The zero-order chi connectivity index (χ0) is 55.7. The molecule has 1 N–H and O–H groups in total. The number of nitrogens with one attached hydrogen (secondary N) is 1. The summed E-state index contributed by atoms with van der Waals surface area (Å²) in [5.74, 6) is -4.40. The predicted molar refractivity (Wildman–Crippen MR) is 271 cm³/mol. The monoisotopic (exact) mass is 1090 g/mol. The summed E-state index contributed by atoms with van der Waals surface area (Å²) >= 11 is 0. The van der Waals surface area contributed by atoms with Gasteiger partial charge in [-0.15, -0.1) is 0 Å². The Morgan fingerprint density at radius 1 is 0.423 bits per heavy atom. The number of para-hydroxylation sites is 1. The highest BCUT2D eigenvalue weighted by molar-refractivity contribution is 5.73. The molecule has 78 heavy (non-hydrogen) atoms. The lowest BCUT2D eigenvalue weighted by Gasteiger charge is -2.51. The largest absolute Gasteiger partial charge is 0.463 e. The van der Waals surface area contributed by atoms with E-state index in [9.17, 15) is 28.8 Å². The Balaban J connectivity index is 1.37. The highest BCUT2D eigenvalue weighted by atomic mass is 16.8. The average molecular weight is 1090 g/mol. The maximum absolute atomic E-state index is 13.5. The molecule has 3 saturated heterocycles. The van der Waals surface area contributed by atoms with Crippen LogP contribution in [0.2, 0.25) is 0 Å². The number of benzene rings is 4. The van der Waals surface area contributed by atoms with E-state index in [1.165, 1.54) is 13.8 Å². The topological polar surface area (TPSA) is 244 Å². The van der Waals surface area contributed by atoms with E-state index >= 15 is 0 Å². The van der Waals surface area contributed by atoms with Crippen LogP contribution in [0.25, 0.3) is 0 Å². The van der Waals surface area contributed by atoms with Gasteiger partial charge in [0.25, 0.3) is 0 Å². The van der Waals surface area contributed by atoms with Gasteiger partial charge in [0.1, 0.15) is 67.7 Å². The van der Waals surface area contributed by atoms with Crippen LogP contribution in [-0.2, 0) is 110 Å². The fourth-order valence-electron chi connectivity index (χ4n) is 9.27. The highest BCUT2D eigenvalue weighted by Crippen LogP contribution is 2.38. The fourth-order valence-corrected chi connectivity index (χ4v) is 9.27. The number of amides is 1. The third-order valence-corrected chi connectivity index (χ3v) is 12.6. The summed E-state index contributed by atoms with van der Waals surface area (Å²) < 4.78 is 89.2. The SMILES string of the molecule is CC(=O)NC1C(Oc2ccccc2)OC(COC(C)=O)C(OC2OC(C)C(OCc3ccccc3)C(OCc3ccccc3)C2OCc2ccccc2)C1OC1OC(COC(C)=O)C(OC(C)=O)C(OC(C)=O)C1OC(C)=O. The second-order valence-corrected chi connectivity index (χ2v) is 18.8. The molecule has 0 bridgehead atoms. The van der Waals surface area contributed by atoms with Crippen molar-refractivity contribution in [3.63, 3.8) is 0 Å². The summed E-state index contributed by atoms with van der Waals surface area (Å²) in [6.45, 7) is 7.86. The Bertz CT molecular complexity index is 2560. The van der Waals surface area contributed by atoms with Crippen molar-refractivity contribution < 1.29 is 95.1 Å². The van der Waals surface area contributed by atoms with E-state index in [4.69, 9.17) is 66.3 Å². The van der Waals surface area contributed by atoms with Crippen LogP contribution >= 0.6 is 0 Å². The van der Waals surface area contributed by atoms with Crippen molar-refractivity contribution in [1.82, 2.24) is 5.32 Å². The van der Waals surface area contributed by atoms with Crippen LogP contribution in [0.15, 0.2) is 121 Å². The first-order chi connectivity index (χ1) is 37.5. The lowest BCUT2D eigenvalue weighted by Crippen LogP contribution is -2.71. The molecule has 0 radical (unpaired) electrons. The molecule has 0 saturated carbocycles. The highest BCUT2D eigenvalue weighted by Gasteiger charge is 2.58. The molecule has 1 amide bonds. The molecule has 3 fully saturated rings. The van der Waals surface area contributed by atoms with E-state index in [1.807, 2.05) is 91.0 Å². The fraction of sp³-hybridized carbons (Fsp3) is 0.474. The van der Waals surface area contributed by atoms with E-state index in [-0.39, 0.29) is 25.6 Å². The van der Waals surface area contributed by atoms with Gasteiger partial charge in [0.05, 0.1) is 25.9 Å². The molecular weight excluding hydrogens is 1020 g/mol.